The molecule has 8 heteroatoms. The highest BCUT2D eigenvalue weighted by Crippen LogP contribution is 2.29. The number of carbonyl (C=O) groups excluding carboxylic acids is 2. The van der Waals surface area contributed by atoms with E-state index in [0.717, 1.165) is 40.9 Å². The van der Waals surface area contributed by atoms with E-state index in [1.165, 1.54) is 12.8 Å². The van der Waals surface area contributed by atoms with E-state index < -0.39 is 0 Å². The molecule has 2 amide bonds. The molecular weight excluding hydrogens is 470 g/mol. The van der Waals surface area contributed by atoms with Crippen LogP contribution in [0.25, 0.3) is 11.3 Å². The molecule has 7 nitrogen and oxygen atoms in total. The van der Waals surface area contributed by atoms with E-state index in [0.29, 0.717) is 37.5 Å². The summed E-state index contributed by atoms with van der Waals surface area (Å²) in [6.45, 7) is 5.94. The van der Waals surface area contributed by atoms with Crippen LogP contribution in [0.2, 0.25) is 0 Å². The van der Waals surface area contributed by atoms with Crippen molar-refractivity contribution in [3.05, 3.63) is 71.8 Å². The minimum absolute atomic E-state index is 0.0173. The van der Waals surface area contributed by atoms with E-state index in [-0.39, 0.29) is 11.8 Å². The summed E-state index contributed by atoms with van der Waals surface area (Å²) in [6, 6.07) is 20.1. The third-order valence-electron chi connectivity index (χ3n) is 6.75. The SMILES string of the molecule is CC(=O)N1CCN(C(=O)c2cccc(CSc3nc(-c4ccccc4)cc(N4CCCC4)n3)c2)CC1. The zero-order valence-corrected chi connectivity index (χ0v) is 21.4. The van der Waals surface area contributed by atoms with Crippen LogP contribution in [-0.4, -0.2) is 70.9 Å². The second-order valence-electron chi connectivity index (χ2n) is 9.24. The Hall–Kier alpha value is -3.39. The number of piperazine rings is 1. The fourth-order valence-corrected chi connectivity index (χ4v) is 5.49. The average Bonchev–Trinajstić information content (AvgIpc) is 3.47. The Labute approximate surface area is 216 Å². The molecule has 2 aromatic carbocycles. The van der Waals surface area contributed by atoms with Gasteiger partial charge in [-0.05, 0) is 30.5 Å². The lowest BCUT2D eigenvalue weighted by atomic mass is 10.1. The van der Waals surface area contributed by atoms with Crippen molar-refractivity contribution in [2.24, 2.45) is 0 Å². The zero-order chi connectivity index (χ0) is 24.9. The topological polar surface area (TPSA) is 69.6 Å². The Morgan fingerprint density at radius 1 is 0.833 bits per heavy atom. The molecule has 2 fully saturated rings. The maximum absolute atomic E-state index is 13.1. The second-order valence-corrected chi connectivity index (χ2v) is 10.2. The average molecular weight is 502 g/mol. The Morgan fingerprint density at radius 2 is 1.56 bits per heavy atom. The molecule has 0 aliphatic carbocycles. The lowest BCUT2D eigenvalue weighted by Crippen LogP contribution is -2.50. The van der Waals surface area contributed by atoms with Crippen LogP contribution in [0, 0.1) is 0 Å². The van der Waals surface area contributed by atoms with Crippen LogP contribution in [0.1, 0.15) is 35.7 Å². The molecular formula is C28H31N5O2S. The van der Waals surface area contributed by atoms with Gasteiger partial charge < -0.3 is 14.7 Å². The molecule has 36 heavy (non-hydrogen) atoms. The van der Waals surface area contributed by atoms with E-state index in [9.17, 15) is 9.59 Å². The van der Waals surface area contributed by atoms with Gasteiger partial charge in [-0.15, -0.1) is 0 Å². The first-order valence-corrected chi connectivity index (χ1v) is 13.5. The smallest absolute Gasteiger partial charge is 0.253 e. The van der Waals surface area contributed by atoms with Gasteiger partial charge in [0.05, 0.1) is 5.69 Å². The van der Waals surface area contributed by atoms with Gasteiger partial charge in [0.25, 0.3) is 5.91 Å². The molecule has 3 heterocycles. The number of aromatic nitrogens is 2. The van der Waals surface area contributed by atoms with Crippen LogP contribution in [-0.2, 0) is 10.5 Å². The molecule has 2 aliphatic rings. The summed E-state index contributed by atoms with van der Waals surface area (Å²) >= 11 is 1.60. The van der Waals surface area contributed by atoms with Gasteiger partial charge >= 0.3 is 0 Å². The van der Waals surface area contributed by atoms with Crippen molar-refractivity contribution in [3.8, 4) is 11.3 Å². The Bertz CT molecular complexity index is 1220. The Balaban J connectivity index is 1.30. The summed E-state index contributed by atoms with van der Waals surface area (Å²) in [4.78, 5) is 40.4. The first-order valence-electron chi connectivity index (χ1n) is 12.5. The van der Waals surface area contributed by atoms with Crippen LogP contribution < -0.4 is 4.90 Å². The predicted molar refractivity (Wildman–Crippen MR) is 143 cm³/mol. The summed E-state index contributed by atoms with van der Waals surface area (Å²) in [5.41, 5.74) is 3.76. The molecule has 2 saturated heterocycles. The number of anilines is 1. The van der Waals surface area contributed by atoms with E-state index in [4.69, 9.17) is 9.97 Å². The first-order chi connectivity index (χ1) is 17.6. The van der Waals surface area contributed by atoms with Crippen molar-refractivity contribution < 1.29 is 9.59 Å². The van der Waals surface area contributed by atoms with Crippen molar-refractivity contribution in [1.29, 1.82) is 0 Å². The van der Waals surface area contributed by atoms with Gasteiger partial charge in [0.15, 0.2) is 5.16 Å². The summed E-state index contributed by atoms with van der Waals surface area (Å²) in [5, 5.41) is 0.746. The van der Waals surface area contributed by atoms with Crippen LogP contribution in [0.3, 0.4) is 0 Å². The van der Waals surface area contributed by atoms with Crippen molar-refractivity contribution >= 4 is 29.4 Å². The predicted octanol–water partition coefficient (Wildman–Crippen LogP) is 4.34. The summed E-state index contributed by atoms with van der Waals surface area (Å²) < 4.78 is 0. The monoisotopic (exact) mass is 501 g/mol. The molecule has 1 aromatic heterocycles. The van der Waals surface area contributed by atoms with Crippen molar-refractivity contribution in [1.82, 2.24) is 19.8 Å². The summed E-state index contributed by atoms with van der Waals surface area (Å²) in [6.07, 6.45) is 2.38. The minimum Gasteiger partial charge on any atom is -0.356 e. The third-order valence-corrected chi connectivity index (χ3v) is 7.66. The van der Waals surface area contributed by atoms with Gasteiger partial charge in [-0.25, -0.2) is 9.97 Å². The normalized spacial score (nSPS) is 15.9. The highest BCUT2D eigenvalue weighted by Gasteiger charge is 2.23. The number of hydrogen-bond acceptors (Lipinski definition) is 6. The molecule has 0 bridgehead atoms. The molecule has 0 unspecified atom stereocenters. The highest BCUT2D eigenvalue weighted by molar-refractivity contribution is 7.98. The number of rotatable bonds is 6. The van der Waals surface area contributed by atoms with Gasteiger partial charge in [-0.3, -0.25) is 9.59 Å². The third kappa shape index (κ3) is 5.70. The summed E-state index contributed by atoms with van der Waals surface area (Å²) in [5.74, 6) is 1.74. The first kappa shape index (κ1) is 24.3. The largest absolute Gasteiger partial charge is 0.356 e. The minimum atomic E-state index is 0.0173. The van der Waals surface area contributed by atoms with Crippen LogP contribution in [0.5, 0.6) is 0 Å². The van der Waals surface area contributed by atoms with Crippen LogP contribution >= 0.6 is 11.8 Å². The molecule has 0 atom stereocenters. The van der Waals surface area contributed by atoms with Crippen molar-refractivity contribution in [2.75, 3.05) is 44.2 Å². The Morgan fingerprint density at radius 3 is 2.28 bits per heavy atom. The number of carbonyl (C=O) groups is 2. The van der Waals surface area contributed by atoms with E-state index in [1.54, 1.807) is 23.6 Å². The fourth-order valence-electron chi connectivity index (χ4n) is 4.69. The Kier molecular flexibility index (Phi) is 7.51. The number of nitrogens with zero attached hydrogens (tertiary/aromatic N) is 5. The molecule has 0 saturated carbocycles. The van der Waals surface area contributed by atoms with Gasteiger partial charge in [0, 0.05) is 69.1 Å². The molecule has 186 valence electrons. The highest BCUT2D eigenvalue weighted by atomic mass is 32.2. The molecule has 0 spiro atoms. The second kappa shape index (κ2) is 11.1. The maximum Gasteiger partial charge on any atom is 0.253 e. The molecule has 2 aliphatic heterocycles. The molecule has 0 radical (unpaired) electrons. The number of thioether (sulfide) groups is 1. The van der Waals surface area contributed by atoms with Crippen LogP contribution in [0.4, 0.5) is 5.82 Å². The van der Waals surface area contributed by atoms with Gasteiger partial charge in [0.1, 0.15) is 5.82 Å². The van der Waals surface area contributed by atoms with Gasteiger partial charge in [-0.2, -0.15) is 0 Å². The number of hydrogen-bond donors (Lipinski definition) is 0. The van der Waals surface area contributed by atoms with E-state index >= 15 is 0 Å². The van der Waals surface area contributed by atoms with E-state index in [1.807, 2.05) is 47.4 Å². The number of benzene rings is 2. The van der Waals surface area contributed by atoms with E-state index in [2.05, 4.69) is 23.1 Å². The van der Waals surface area contributed by atoms with Gasteiger partial charge in [0.2, 0.25) is 5.91 Å². The van der Waals surface area contributed by atoms with Crippen molar-refractivity contribution in [3.63, 3.8) is 0 Å². The van der Waals surface area contributed by atoms with Gasteiger partial charge in [-0.1, -0.05) is 54.2 Å². The zero-order valence-electron chi connectivity index (χ0n) is 20.6. The van der Waals surface area contributed by atoms with Crippen LogP contribution in [0.15, 0.2) is 65.8 Å². The maximum atomic E-state index is 13.1. The standard InChI is InChI=1S/C28H31N5O2S/c1-21(34)31-14-16-33(17-15-31)27(35)24-11-7-8-22(18-24)20-36-28-29-25(23-9-3-2-4-10-23)19-26(30-28)32-12-5-6-13-32/h2-4,7-11,18-19H,5-6,12-17,20H2,1H3. The lowest BCUT2D eigenvalue weighted by Gasteiger charge is -2.34. The quantitative estimate of drug-likeness (QED) is 0.370. The fraction of sp³-hybridized carbons (Fsp3) is 0.357. The summed E-state index contributed by atoms with van der Waals surface area (Å²) in [7, 11) is 0. The van der Waals surface area contributed by atoms with Crippen molar-refractivity contribution in [2.45, 2.75) is 30.7 Å². The number of amides is 2. The lowest BCUT2D eigenvalue weighted by molar-refractivity contribution is -0.130. The molecule has 3 aromatic rings. The molecule has 0 N–H and O–H groups in total. The molecule has 5 rings (SSSR count).